The average Bonchev–Trinajstić information content (AvgIpc) is 3.08. The quantitative estimate of drug-likeness (QED) is 0.936. The maximum absolute atomic E-state index is 5.93. The van der Waals surface area contributed by atoms with Gasteiger partial charge < -0.3 is 14.3 Å². The van der Waals surface area contributed by atoms with E-state index in [-0.39, 0.29) is 10.8 Å². The third-order valence-corrected chi connectivity index (χ3v) is 4.02. The zero-order chi connectivity index (χ0) is 14.2. The van der Waals surface area contributed by atoms with Crippen molar-refractivity contribution in [2.45, 2.75) is 19.4 Å². The normalized spacial score (nSPS) is 17.6. The highest BCUT2D eigenvalue weighted by molar-refractivity contribution is 6.31. The van der Waals surface area contributed by atoms with Crippen molar-refractivity contribution in [3.63, 3.8) is 0 Å². The van der Waals surface area contributed by atoms with Gasteiger partial charge in [0.2, 0.25) is 5.22 Å². The number of piperazine rings is 1. The molecule has 0 bridgehead atoms. The van der Waals surface area contributed by atoms with Crippen molar-refractivity contribution < 1.29 is 8.94 Å². The van der Waals surface area contributed by atoms with Crippen LogP contribution in [-0.2, 0) is 5.54 Å². The van der Waals surface area contributed by atoms with Crippen molar-refractivity contribution in [1.29, 1.82) is 0 Å². The highest BCUT2D eigenvalue weighted by Gasteiger charge is 2.34. The third-order valence-electron chi connectivity index (χ3n) is 3.73. The molecule has 0 amide bonds. The minimum atomic E-state index is -0.278. The van der Waals surface area contributed by atoms with Gasteiger partial charge >= 0.3 is 0 Å². The Balaban J connectivity index is 1.87. The summed E-state index contributed by atoms with van der Waals surface area (Å²) in [5.74, 6) is 1.05. The molecule has 3 heterocycles. The summed E-state index contributed by atoms with van der Waals surface area (Å²) in [5, 5.41) is 7.71. The number of furan rings is 1. The summed E-state index contributed by atoms with van der Waals surface area (Å²) >= 11 is 5.93. The Morgan fingerprint density at radius 2 is 2.10 bits per heavy atom. The third kappa shape index (κ3) is 2.34. The second-order valence-electron chi connectivity index (χ2n) is 5.33. The Bertz CT molecular complexity index is 587. The minimum Gasteiger partial charge on any atom is -0.452 e. The second-order valence-corrected chi connectivity index (χ2v) is 5.67. The average molecular weight is 297 g/mol. The van der Waals surface area contributed by atoms with E-state index in [0.717, 1.165) is 26.2 Å². The number of halogens is 1. The highest BCUT2D eigenvalue weighted by atomic mass is 35.5. The number of hydrogen-bond donors (Lipinski definition) is 1. The van der Waals surface area contributed by atoms with Crippen molar-refractivity contribution in [2.24, 2.45) is 0 Å². The van der Waals surface area contributed by atoms with Crippen LogP contribution < -0.4 is 5.32 Å². The second kappa shape index (κ2) is 5.20. The zero-order valence-corrected chi connectivity index (χ0v) is 12.3. The van der Waals surface area contributed by atoms with Crippen LogP contribution in [0, 0.1) is 0 Å². The molecule has 20 heavy (non-hydrogen) atoms. The zero-order valence-electron chi connectivity index (χ0n) is 11.5. The van der Waals surface area contributed by atoms with Crippen molar-refractivity contribution in [3.05, 3.63) is 23.4 Å². The molecule has 108 valence electrons. The first-order chi connectivity index (χ1) is 9.59. The lowest BCUT2D eigenvalue weighted by atomic mass is 10.0. The van der Waals surface area contributed by atoms with Gasteiger partial charge in [-0.1, -0.05) is 5.16 Å². The molecule has 2 aromatic heterocycles. The molecule has 1 aliphatic heterocycles. The molecular weight excluding hydrogens is 280 g/mol. The first-order valence-corrected chi connectivity index (χ1v) is 7.00. The summed E-state index contributed by atoms with van der Waals surface area (Å²) in [4.78, 5) is 6.82. The Kier molecular flexibility index (Phi) is 3.54. The molecule has 1 saturated heterocycles. The summed E-state index contributed by atoms with van der Waals surface area (Å²) in [6.45, 7) is 8.07. The monoisotopic (exact) mass is 296 g/mol. The van der Waals surface area contributed by atoms with Crippen molar-refractivity contribution in [1.82, 2.24) is 20.4 Å². The van der Waals surface area contributed by atoms with Gasteiger partial charge in [-0.2, -0.15) is 4.98 Å². The fourth-order valence-corrected chi connectivity index (χ4v) is 2.59. The van der Waals surface area contributed by atoms with Crippen LogP contribution in [0.15, 0.2) is 21.3 Å². The Morgan fingerprint density at radius 1 is 1.35 bits per heavy atom. The van der Waals surface area contributed by atoms with Crippen LogP contribution in [0.4, 0.5) is 0 Å². The molecule has 0 spiro atoms. The van der Waals surface area contributed by atoms with Crippen molar-refractivity contribution in [3.8, 4) is 11.5 Å². The van der Waals surface area contributed by atoms with E-state index >= 15 is 0 Å². The van der Waals surface area contributed by atoms with E-state index in [4.69, 9.17) is 20.5 Å². The first kappa shape index (κ1) is 13.6. The number of nitrogens with one attached hydrogen (secondary N) is 1. The van der Waals surface area contributed by atoms with Gasteiger partial charge in [-0.05, 0) is 31.5 Å². The fraction of sp³-hybridized carbons (Fsp3) is 0.538. The summed E-state index contributed by atoms with van der Waals surface area (Å²) in [5.41, 5.74) is 0.349. The Morgan fingerprint density at radius 3 is 2.75 bits per heavy atom. The minimum absolute atomic E-state index is 0.264. The van der Waals surface area contributed by atoms with Gasteiger partial charge in [-0.15, -0.1) is 0 Å². The van der Waals surface area contributed by atoms with Gasteiger partial charge in [0.25, 0.3) is 5.89 Å². The largest absolute Gasteiger partial charge is 0.452 e. The summed E-state index contributed by atoms with van der Waals surface area (Å²) in [6, 6.07) is 1.72. The van der Waals surface area contributed by atoms with Crippen molar-refractivity contribution in [2.75, 3.05) is 26.2 Å². The van der Waals surface area contributed by atoms with Crippen LogP contribution >= 0.6 is 11.6 Å². The Labute approximate surface area is 122 Å². The number of hydrogen-bond acceptors (Lipinski definition) is 6. The molecule has 1 N–H and O–H groups in total. The van der Waals surface area contributed by atoms with Crippen LogP contribution in [0.1, 0.15) is 19.7 Å². The maximum atomic E-state index is 5.93. The summed E-state index contributed by atoms with van der Waals surface area (Å²) in [7, 11) is 0. The predicted octanol–water partition coefficient (Wildman–Crippen LogP) is 2.12. The van der Waals surface area contributed by atoms with Crippen LogP contribution in [0.2, 0.25) is 5.22 Å². The first-order valence-electron chi connectivity index (χ1n) is 6.62. The highest BCUT2D eigenvalue weighted by Crippen LogP contribution is 2.31. The molecule has 0 aromatic carbocycles. The lowest BCUT2D eigenvalue weighted by Crippen LogP contribution is -2.52. The molecule has 1 aliphatic rings. The van der Waals surface area contributed by atoms with Gasteiger partial charge in [-0.3, -0.25) is 4.90 Å². The molecular formula is C13H17ClN4O2. The maximum Gasteiger partial charge on any atom is 0.262 e. The lowest BCUT2D eigenvalue weighted by molar-refractivity contribution is 0.0925. The fourth-order valence-electron chi connectivity index (χ4n) is 2.39. The van der Waals surface area contributed by atoms with E-state index in [9.17, 15) is 0 Å². The van der Waals surface area contributed by atoms with Crippen LogP contribution in [0.25, 0.3) is 11.5 Å². The standard InChI is InChI=1S/C13H17ClN4O2/c1-13(2,18-6-4-15-5-7-18)12-16-11(20-17-12)9-3-8-19-10(9)14/h3,8,15H,4-7H2,1-2H3. The van der Waals surface area contributed by atoms with Crippen LogP contribution in [-0.4, -0.2) is 41.2 Å². The summed E-state index contributed by atoms with van der Waals surface area (Å²) in [6.07, 6.45) is 1.50. The molecule has 6 nitrogen and oxygen atoms in total. The van der Waals surface area contributed by atoms with E-state index in [1.165, 1.54) is 6.26 Å². The molecule has 2 aromatic rings. The molecule has 0 saturated carbocycles. The topological polar surface area (TPSA) is 67.3 Å². The van der Waals surface area contributed by atoms with Gasteiger partial charge in [-0.25, -0.2) is 0 Å². The molecule has 0 radical (unpaired) electrons. The number of rotatable bonds is 3. The van der Waals surface area contributed by atoms with E-state index in [2.05, 4.69) is 34.2 Å². The molecule has 0 unspecified atom stereocenters. The SMILES string of the molecule is CC(C)(c1noc(-c2ccoc2Cl)n1)N1CCNCC1. The number of nitrogens with zero attached hydrogens (tertiary/aromatic N) is 3. The molecule has 1 fully saturated rings. The van der Waals surface area contributed by atoms with E-state index < -0.39 is 0 Å². The lowest BCUT2D eigenvalue weighted by Gasteiger charge is -2.38. The smallest absolute Gasteiger partial charge is 0.262 e. The summed E-state index contributed by atoms with van der Waals surface area (Å²) < 4.78 is 10.4. The molecule has 7 heteroatoms. The van der Waals surface area contributed by atoms with Crippen LogP contribution in [0.5, 0.6) is 0 Å². The molecule has 0 aliphatic carbocycles. The van der Waals surface area contributed by atoms with Gasteiger partial charge in [0.15, 0.2) is 5.82 Å². The predicted molar refractivity (Wildman–Crippen MR) is 74.5 cm³/mol. The van der Waals surface area contributed by atoms with E-state index in [1.54, 1.807) is 6.07 Å². The molecule has 0 atom stereocenters. The number of aromatic nitrogens is 2. The van der Waals surface area contributed by atoms with Gasteiger partial charge in [0, 0.05) is 26.2 Å². The van der Waals surface area contributed by atoms with Gasteiger partial charge in [0.1, 0.15) is 0 Å². The van der Waals surface area contributed by atoms with E-state index in [0.29, 0.717) is 17.3 Å². The van der Waals surface area contributed by atoms with Crippen LogP contribution in [0.3, 0.4) is 0 Å². The van der Waals surface area contributed by atoms with E-state index in [1.807, 2.05) is 0 Å². The molecule has 3 rings (SSSR count). The van der Waals surface area contributed by atoms with Gasteiger partial charge in [0.05, 0.1) is 17.4 Å². The van der Waals surface area contributed by atoms with Crippen molar-refractivity contribution >= 4 is 11.6 Å². The Hall–Kier alpha value is -1.37.